The number of rotatable bonds is 4. The number of aryl methyl sites for hydroxylation is 2. The maximum Gasteiger partial charge on any atom is 0.0582 e. The summed E-state index contributed by atoms with van der Waals surface area (Å²) in [7, 11) is 0. The fraction of sp³-hybridized carbons (Fsp3) is 0.636. The zero-order valence-electron chi connectivity index (χ0n) is 9.29. The second kappa shape index (κ2) is 4.91. The molecule has 2 atom stereocenters. The third kappa shape index (κ3) is 2.80. The summed E-state index contributed by atoms with van der Waals surface area (Å²) in [6.07, 6.45) is 0. The van der Waals surface area contributed by atoms with Gasteiger partial charge in [-0.15, -0.1) is 11.3 Å². The van der Waals surface area contributed by atoms with Gasteiger partial charge in [0.05, 0.1) is 6.61 Å². The van der Waals surface area contributed by atoms with Gasteiger partial charge in [-0.1, -0.05) is 0 Å². The maximum atomic E-state index is 8.95. The second-order valence-corrected chi connectivity index (χ2v) is 5.30. The van der Waals surface area contributed by atoms with E-state index in [9.17, 15) is 0 Å². The van der Waals surface area contributed by atoms with Crippen molar-refractivity contribution in [3.63, 3.8) is 0 Å². The lowest BCUT2D eigenvalue weighted by Gasteiger charge is -2.18. The molecule has 0 radical (unpaired) electrons. The predicted octanol–water partition coefficient (Wildman–Crippen LogP) is 2.40. The average Bonchev–Trinajstić information content (AvgIpc) is 2.45. The highest BCUT2D eigenvalue weighted by molar-refractivity contribution is 7.12. The fourth-order valence-corrected chi connectivity index (χ4v) is 2.67. The van der Waals surface area contributed by atoms with Crippen LogP contribution in [0.5, 0.6) is 0 Å². The molecular formula is C11H19NOS. The van der Waals surface area contributed by atoms with E-state index in [0.717, 1.165) is 0 Å². The van der Waals surface area contributed by atoms with E-state index in [0.29, 0.717) is 6.04 Å². The normalized spacial score (nSPS) is 15.5. The van der Waals surface area contributed by atoms with E-state index in [1.807, 2.05) is 18.3 Å². The first-order chi connectivity index (χ1) is 6.54. The lowest BCUT2D eigenvalue weighted by molar-refractivity contribution is 0.243. The van der Waals surface area contributed by atoms with Crippen molar-refractivity contribution >= 4 is 11.3 Å². The molecule has 1 aromatic rings. The van der Waals surface area contributed by atoms with Crippen LogP contribution in [0.1, 0.15) is 35.2 Å². The predicted molar refractivity (Wildman–Crippen MR) is 61.9 cm³/mol. The first-order valence-electron chi connectivity index (χ1n) is 4.98. The summed E-state index contributed by atoms with van der Waals surface area (Å²) < 4.78 is 0. The molecule has 0 saturated heterocycles. The molecule has 0 amide bonds. The van der Waals surface area contributed by atoms with E-state index < -0.39 is 0 Å². The van der Waals surface area contributed by atoms with Gasteiger partial charge in [0.1, 0.15) is 0 Å². The molecule has 1 heterocycles. The highest BCUT2D eigenvalue weighted by Gasteiger charge is 2.12. The number of aliphatic hydroxyl groups excluding tert-OH is 1. The smallest absolute Gasteiger partial charge is 0.0582 e. The van der Waals surface area contributed by atoms with Crippen molar-refractivity contribution in [2.24, 2.45) is 0 Å². The number of hydrogen-bond acceptors (Lipinski definition) is 3. The van der Waals surface area contributed by atoms with E-state index in [1.165, 1.54) is 15.3 Å². The van der Waals surface area contributed by atoms with E-state index in [1.54, 1.807) is 0 Å². The van der Waals surface area contributed by atoms with Gasteiger partial charge in [-0.2, -0.15) is 0 Å². The summed E-state index contributed by atoms with van der Waals surface area (Å²) in [4.78, 5) is 2.72. The van der Waals surface area contributed by atoms with Crippen molar-refractivity contribution in [2.75, 3.05) is 6.61 Å². The zero-order valence-corrected chi connectivity index (χ0v) is 10.1. The maximum absolute atomic E-state index is 8.95. The first-order valence-corrected chi connectivity index (χ1v) is 5.80. The molecule has 0 aliphatic heterocycles. The van der Waals surface area contributed by atoms with E-state index >= 15 is 0 Å². The van der Waals surface area contributed by atoms with Crippen molar-refractivity contribution in [2.45, 2.75) is 39.8 Å². The SMILES string of the molecule is Cc1cc(C(C)N[C@H](C)CO)c(C)s1. The largest absolute Gasteiger partial charge is 0.395 e. The van der Waals surface area contributed by atoms with Gasteiger partial charge in [0.2, 0.25) is 0 Å². The molecule has 14 heavy (non-hydrogen) atoms. The Bertz CT molecular complexity index is 295. The molecule has 0 aliphatic rings. The van der Waals surface area contributed by atoms with Gasteiger partial charge >= 0.3 is 0 Å². The van der Waals surface area contributed by atoms with E-state index in [4.69, 9.17) is 5.11 Å². The lowest BCUT2D eigenvalue weighted by atomic mass is 10.1. The van der Waals surface area contributed by atoms with Gasteiger partial charge in [-0.25, -0.2) is 0 Å². The van der Waals surface area contributed by atoms with Crippen LogP contribution in [-0.4, -0.2) is 17.8 Å². The zero-order chi connectivity index (χ0) is 10.7. The Balaban J connectivity index is 2.69. The quantitative estimate of drug-likeness (QED) is 0.805. The Labute approximate surface area is 90.0 Å². The molecule has 80 valence electrons. The topological polar surface area (TPSA) is 32.3 Å². The average molecular weight is 213 g/mol. The van der Waals surface area contributed by atoms with Crippen LogP contribution in [0.15, 0.2) is 6.07 Å². The second-order valence-electron chi connectivity index (χ2n) is 3.84. The van der Waals surface area contributed by atoms with Gasteiger partial charge in [-0.05, 0) is 39.3 Å². The summed E-state index contributed by atoms with van der Waals surface area (Å²) in [5.74, 6) is 0. The minimum Gasteiger partial charge on any atom is -0.395 e. The van der Waals surface area contributed by atoms with Crippen LogP contribution in [0.2, 0.25) is 0 Å². The van der Waals surface area contributed by atoms with E-state index in [2.05, 4.69) is 32.2 Å². The molecule has 0 spiro atoms. The minimum atomic E-state index is 0.157. The lowest BCUT2D eigenvalue weighted by Crippen LogP contribution is -2.31. The molecular weight excluding hydrogens is 194 g/mol. The highest BCUT2D eigenvalue weighted by atomic mass is 32.1. The van der Waals surface area contributed by atoms with Crippen molar-refractivity contribution in [1.82, 2.24) is 5.32 Å². The number of hydrogen-bond donors (Lipinski definition) is 2. The monoisotopic (exact) mass is 213 g/mol. The van der Waals surface area contributed by atoms with Gasteiger partial charge in [0.25, 0.3) is 0 Å². The molecule has 0 saturated carbocycles. The van der Waals surface area contributed by atoms with Crippen LogP contribution in [0.4, 0.5) is 0 Å². The third-order valence-corrected chi connectivity index (χ3v) is 3.34. The van der Waals surface area contributed by atoms with Gasteiger partial charge in [-0.3, -0.25) is 0 Å². The molecule has 1 rings (SSSR count). The molecule has 2 N–H and O–H groups in total. The number of aliphatic hydroxyl groups is 1. The van der Waals surface area contributed by atoms with Crippen LogP contribution in [0.25, 0.3) is 0 Å². The Hall–Kier alpha value is -0.380. The van der Waals surface area contributed by atoms with Crippen LogP contribution in [0.3, 0.4) is 0 Å². The van der Waals surface area contributed by atoms with Gasteiger partial charge in [0, 0.05) is 21.8 Å². The number of nitrogens with one attached hydrogen (secondary N) is 1. The summed E-state index contributed by atoms with van der Waals surface area (Å²) in [6, 6.07) is 2.70. The summed E-state index contributed by atoms with van der Waals surface area (Å²) in [6.45, 7) is 8.59. The van der Waals surface area contributed by atoms with Crippen molar-refractivity contribution < 1.29 is 5.11 Å². The van der Waals surface area contributed by atoms with Crippen molar-refractivity contribution in [3.8, 4) is 0 Å². The number of thiophene rings is 1. The van der Waals surface area contributed by atoms with Gasteiger partial charge < -0.3 is 10.4 Å². The highest BCUT2D eigenvalue weighted by Crippen LogP contribution is 2.26. The summed E-state index contributed by atoms with van der Waals surface area (Å²) in [5, 5.41) is 12.3. The summed E-state index contributed by atoms with van der Waals surface area (Å²) >= 11 is 1.83. The fourth-order valence-electron chi connectivity index (χ4n) is 1.65. The molecule has 0 bridgehead atoms. The Morgan fingerprint density at radius 1 is 1.43 bits per heavy atom. The molecule has 0 aliphatic carbocycles. The minimum absolute atomic E-state index is 0.157. The molecule has 3 heteroatoms. The molecule has 0 fully saturated rings. The Kier molecular flexibility index (Phi) is 4.11. The summed E-state index contributed by atoms with van der Waals surface area (Å²) in [5.41, 5.74) is 1.35. The van der Waals surface area contributed by atoms with Crippen molar-refractivity contribution in [1.29, 1.82) is 0 Å². The Morgan fingerprint density at radius 2 is 2.07 bits per heavy atom. The van der Waals surface area contributed by atoms with Crippen LogP contribution in [0, 0.1) is 13.8 Å². The standard InChI is InChI=1S/C11H19NOS/c1-7(6-13)12-9(3)11-5-8(2)14-10(11)4/h5,7,9,12-13H,6H2,1-4H3/t7-,9?/m1/s1. The molecule has 2 nitrogen and oxygen atoms in total. The third-order valence-electron chi connectivity index (χ3n) is 2.35. The molecule has 1 unspecified atom stereocenters. The van der Waals surface area contributed by atoms with Crippen LogP contribution >= 0.6 is 11.3 Å². The van der Waals surface area contributed by atoms with Crippen molar-refractivity contribution in [3.05, 3.63) is 21.4 Å². The van der Waals surface area contributed by atoms with Gasteiger partial charge in [0.15, 0.2) is 0 Å². The van der Waals surface area contributed by atoms with Crippen LogP contribution in [-0.2, 0) is 0 Å². The van der Waals surface area contributed by atoms with E-state index in [-0.39, 0.29) is 12.6 Å². The van der Waals surface area contributed by atoms with Crippen LogP contribution < -0.4 is 5.32 Å². The molecule has 0 aromatic carbocycles. The Morgan fingerprint density at radius 3 is 2.50 bits per heavy atom. The molecule has 1 aromatic heterocycles. The first kappa shape index (κ1) is 11.7.